The van der Waals surface area contributed by atoms with Crippen molar-refractivity contribution in [2.45, 2.75) is 18.6 Å². The van der Waals surface area contributed by atoms with Gasteiger partial charge in [-0.1, -0.05) is 0 Å². The average Bonchev–Trinajstić information content (AvgIpc) is 2.24. The minimum Gasteiger partial charge on any atom is -0.394 e. The van der Waals surface area contributed by atoms with Crippen LogP contribution >= 0.6 is 12.4 Å². The first kappa shape index (κ1) is 18.4. The SMILES string of the molecule is Cl.NCCNCC(N)CCOCC(O)CO. The van der Waals surface area contributed by atoms with Gasteiger partial charge in [0.15, 0.2) is 0 Å². The third kappa shape index (κ3) is 12.1. The molecule has 16 heavy (non-hydrogen) atoms. The summed E-state index contributed by atoms with van der Waals surface area (Å²) in [4.78, 5) is 0. The van der Waals surface area contributed by atoms with Crippen molar-refractivity contribution in [1.29, 1.82) is 0 Å². The fourth-order valence-electron chi connectivity index (χ4n) is 0.998. The Morgan fingerprint density at radius 3 is 2.62 bits per heavy atom. The first-order valence-corrected chi connectivity index (χ1v) is 5.23. The van der Waals surface area contributed by atoms with E-state index in [0.717, 1.165) is 13.0 Å². The molecule has 7 heteroatoms. The van der Waals surface area contributed by atoms with Crippen molar-refractivity contribution >= 4 is 12.4 Å². The van der Waals surface area contributed by atoms with Crippen LogP contribution in [0.5, 0.6) is 0 Å². The third-order valence-electron chi connectivity index (χ3n) is 1.88. The summed E-state index contributed by atoms with van der Waals surface area (Å²) in [7, 11) is 0. The van der Waals surface area contributed by atoms with Crippen LogP contribution in [0.4, 0.5) is 0 Å². The minimum atomic E-state index is -0.795. The van der Waals surface area contributed by atoms with E-state index in [0.29, 0.717) is 19.7 Å². The molecule has 0 heterocycles. The van der Waals surface area contributed by atoms with Crippen LogP contribution in [0, 0.1) is 0 Å². The van der Waals surface area contributed by atoms with E-state index in [4.69, 9.17) is 26.4 Å². The van der Waals surface area contributed by atoms with E-state index in [1.807, 2.05) is 0 Å². The van der Waals surface area contributed by atoms with Gasteiger partial charge in [-0.3, -0.25) is 0 Å². The Labute approximate surface area is 103 Å². The van der Waals surface area contributed by atoms with E-state index in [-0.39, 0.29) is 31.7 Å². The molecule has 0 bridgehead atoms. The van der Waals surface area contributed by atoms with E-state index in [1.165, 1.54) is 0 Å². The molecule has 0 fully saturated rings. The number of aliphatic hydroxyl groups excluding tert-OH is 2. The number of nitrogens with two attached hydrogens (primary N) is 2. The van der Waals surface area contributed by atoms with E-state index in [9.17, 15) is 0 Å². The predicted octanol–water partition coefficient (Wildman–Crippen LogP) is -1.96. The molecule has 0 aromatic carbocycles. The standard InChI is InChI=1S/C9H23N3O3.ClH/c10-2-3-12-5-8(11)1-4-15-7-9(14)6-13;/h8-9,12-14H,1-7,10-11H2;1H. The van der Waals surface area contributed by atoms with E-state index >= 15 is 0 Å². The molecule has 0 radical (unpaired) electrons. The van der Waals surface area contributed by atoms with Gasteiger partial charge in [0, 0.05) is 32.3 Å². The van der Waals surface area contributed by atoms with Gasteiger partial charge in [0.1, 0.15) is 6.10 Å². The second-order valence-corrected chi connectivity index (χ2v) is 3.45. The van der Waals surface area contributed by atoms with Crippen molar-refractivity contribution in [3.05, 3.63) is 0 Å². The van der Waals surface area contributed by atoms with Gasteiger partial charge in [0.05, 0.1) is 13.2 Å². The number of hydrogen-bond donors (Lipinski definition) is 5. The maximum Gasteiger partial charge on any atom is 0.100 e. The van der Waals surface area contributed by atoms with Gasteiger partial charge in [-0.2, -0.15) is 0 Å². The second kappa shape index (κ2) is 13.1. The van der Waals surface area contributed by atoms with E-state index in [2.05, 4.69) is 5.32 Å². The molecule has 0 spiro atoms. The van der Waals surface area contributed by atoms with Crippen LogP contribution in [0.2, 0.25) is 0 Å². The van der Waals surface area contributed by atoms with Crippen LogP contribution in [-0.2, 0) is 4.74 Å². The highest BCUT2D eigenvalue weighted by Gasteiger charge is 2.04. The van der Waals surface area contributed by atoms with E-state index < -0.39 is 6.10 Å². The quantitative estimate of drug-likeness (QED) is 0.291. The number of rotatable bonds is 10. The summed E-state index contributed by atoms with van der Waals surface area (Å²) < 4.78 is 5.12. The fraction of sp³-hybridized carbons (Fsp3) is 1.00. The van der Waals surface area contributed by atoms with Gasteiger partial charge in [-0.25, -0.2) is 0 Å². The molecule has 0 amide bonds. The van der Waals surface area contributed by atoms with Gasteiger partial charge >= 0.3 is 0 Å². The molecule has 0 saturated carbocycles. The molecule has 0 rings (SSSR count). The zero-order valence-electron chi connectivity index (χ0n) is 9.47. The van der Waals surface area contributed by atoms with Crippen molar-refractivity contribution in [3.8, 4) is 0 Å². The molecule has 6 nitrogen and oxygen atoms in total. The van der Waals surface area contributed by atoms with Crippen molar-refractivity contribution in [1.82, 2.24) is 5.32 Å². The molecular formula is C9H24ClN3O3. The van der Waals surface area contributed by atoms with Crippen LogP contribution in [0.1, 0.15) is 6.42 Å². The zero-order chi connectivity index (χ0) is 11.5. The lowest BCUT2D eigenvalue weighted by Gasteiger charge is -2.13. The van der Waals surface area contributed by atoms with Crippen molar-refractivity contribution in [2.75, 3.05) is 39.5 Å². The summed E-state index contributed by atoms with van der Waals surface area (Å²) in [5, 5.41) is 20.6. The van der Waals surface area contributed by atoms with Crippen molar-refractivity contribution in [3.63, 3.8) is 0 Å². The highest BCUT2D eigenvalue weighted by Crippen LogP contribution is 1.90. The normalized spacial score (nSPS) is 14.2. The highest BCUT2D eigenvalue weighted by atomic mass is 35.5. The smallest absolute Gasteiger partial charge is 0.100 e. The molecule has 2 unspecified atom stereocenters. The number of nitrogens with one attached hydrogen (secondary N) is 1. The van der Waals surface area contributed by atoms with Gasteiger partial charge in [0.2, 0.25) is 0 Å². The van der Waals surface area contributed by atoms with Crippen molar-refractivity contribution < 1.29 is 14.9 Å². The zero-order valence-corrected chi connectivity index (χ0v) is 10.3. The first-order valence-electron chi connectivity index (χ1n) is 5.23. The summed E-state index contributed by atoms with van der Waals surface area (Å²) in [6.45, 7) is 2.44. The van der Waals surface area contributed by atoms with Crippen LogP contribution < -0.4 is 16.8 Å². The topological polar surface area (TPSA) is 114 Å². The Morgan fingerprint density at radius 2 is 2.06 bits per heavy atom. The lowest BCUT2D eigenvalue weighted by Crippen LogP contribution is -2.37. The molecular weight excluding hydrogens is 234 g/mol. The highest BCUT2D eigenvalue weighted by molar-refractivity contribution is 5.85. The average molecular weight is 258 g/mol. The van der Waals surface area contributed by atoms with Crippen LogP contribution in [0.25, 0.3) is 0 Å². The summed E-state index contributed by atoms with van der Waals surface area (Å²) in [6.07, 6.45) is -0.0768. The van der Waals surface area contributed by atoms with Gasteiger partial charge in [-0.05, 0) is 6.42 Å². The molecule has 0 aliphatic heterocycles. The third-order valence-corrected chi connectivity index (χ3v) is 1.88. The largest absolute Gasteiger partial charge is 0.394 e. The Morgan fingerprint density at radius 1 is 1.38 bits per heavy atom. The Hall–Kier alpha value is 0.0500. The number of ether oxygens (including phenoxy) is 1. The summed E-state index contributed by atoms with van der Waals surface area (Å²) in [5.74, 6) is 0. The van der Waals surface area contributed by atoms with E-state index in [1.54, 1.807) is 0 Å². The van der Waals surface area contributed by atoms with Gasteiger partial charge in [0.25, 0.3) is 0 Å². The summed E-state index contributed by atoms with van der Waals surface area (Å²) >= 11 is 0. The molecule has 2 atom stereocenters. The Kier molecular flexibility index (Phi) is 15.1. The minimum absolute atomic E-state index is 0. The molecule has 0 aromatic rings. The number of hydrogen-bond acceptors (Lipinski definition) is 6. The Bertz CT molecular complexity index is 143. The predicted molar refractivity (Wildman–Crippen MR) is 65.7 cm³/mol. The number of halogens is 1. The summed E-state index contributed by atoms with van der Waals surface area (Å²) in [5.41, 5.74) is 11.1. The molecule has 100 valence electrons. The van der Waals surface area contributed by atoms with Crippen LogP contribution in [0.15, 0.2) is 0 Å². The first-order chi connectivity index (χ1) is 7.20. The maximum absolute atomic E-state index is 8.96. The lowest BCUT2D eigenvalue weighted by atomic mass is 10.2. The lowest BCUT2D eigenvalue weighted by molar-refractivity contribution is 0.00459. The van der Waals surface area contributed by atoms with Crippen LogP contribution in [-0.4, -0.2) is 61.8 Å². The van der Waals surface area contributed by atoms with Gasteiger partial charge < -0.3 is 31.7 Å². The number of aliphatic hydroxyl groups is 2. The fourth-order valence-corrected chi connectivity index (χ4v) is 0.998. The maximum atomic E-state index is 8.96. The van der Waals surface area contributed by atoms with Crippen LogP contribution in [0.3, 0.4) is 0 Å². The molecule has 7 N–H and O–H groups in total. The van der Waals surface area contributed by atoms with Crippen molar-refractivity contribution in [2.24, 2.45) is 11.5 Å². The molecule has 0 saturated heterocycles. The molecule has 0 aliphatic rings. The monoisotopic (exact) mass is 257 g/mol. The molecule has 0 aromatic heterocycles. The summed E-state index contributed by atoms with van der Waals surface area (Å²) in [6, 6.07) is 0.0304. The second-order valence-electron chi connectivity index (χ2n) is 3.45. The molecule has 0 aliphatic carbocycles. The Balaban J connectivity index is 0. The van der Waals surface area contributed by atoms with Gasteiger partial charge in [-0.15, -0.1) is 12.4 Å².